The zero-order valence-corrected chi connectivity index (χ0v) is 29.0. The van der Waals surface area contributed by atoms with Gasteiger partial charge in [0.15, 0.2) is 0 Å². The van der Waals surface area contributed by atoms with Crippen molar-refractivity contribution in [3.05, 3.63) is 150 Å². The van der Waals surface area contributed by atoms with Crippen LogP contribution in [0, 0.1) is 0 Å². The molecule has 0 radical (unpaired) electrons. The molecule has 1 aliphatic rings. The van der Waals surface area contributed by atoms with Crippen molar-refractivity contribution < 1.29 is 28.5 Å². The number of esters is 1. The van der Waals surface area contributed by atoms with Crippen LogP contribution < -0.4 is 19.5 Å². The molecule has 262 valence electrons. The number of nitrogens with one attached hydrogen (secondary N) is 1. The van der Waals surface area contributed by atoms with E-state index < -0.39 is 5.97 Å². The summed E-state index contributed by atoms with van der Waals surface area (Å²) in [4.78, 5) is 37.1. The average Bonchev–Trinajstić information content (AvgIpc) is 3.18. The fraction of sp³-hybridized carbons (Fsp3) is 0.190. The van der Waals surface area contributed by atoms with E-state index in [4.69, 9.17) is 18.9 Å². The van der Waals surface area contributed by atoms with Crippen molar-refractivity contribution >= 4 is 28.5 Å². The maximum absolute atomic E-state index is 13.3. The Bertz CT molecular complexity index is 2200. The monoisotopic (exact) mass is 694 g/mol. The van der Waals surface area contributed by atoms with Gasteiger partial charge in [-0.05, 0) is 54.4 Å². The molecule has 2 aromatic heterocycles. The molecule has 10 heteroatoms. The molecule has 1 aliphatic heterocycles. The lowest BCUT2D eigenvalue weighted by Crippen LogP contribution is -2.34. The first-order valence-electron chi connectivity index (χ1n) is 17.1. The van der Waals surface area contributed by atoms with E-state index in [0.29, 0.717) is 60.4 Å². The third-order valence-corrected chi connectivity index (χ3v) is 9.00. The second-order valence-corrected chi connectivity index (χ2v) is 12.4. The Morgan fingerprint density at radius 2 is 1.54 bits per heavy atom. The number of fused-ring (bicyclic) bond motifs is 3. The van der Waals surface area contributed by atoms with E-state index in [9.17, 15) is 9.59 Å². The van der Waals surface area contributed by atoms with Crippen LogP contribution in [0.25, 0.3) is 10.9 Å². The Morgan fingerprint density at radius 1 is 0.788 bits per heavy atom. The smallest absolute Gasteiger partial charge is 0.338 e. The van der Waals surface area contributed by atoms with Gasteiger partial charge in [0.25, 0.3) is 0 Å². The van der Waals surface area contributed by atoms with Gasteiger partial charge in [0.2, 0.25) is 5.91 Å². The van der Waals surface area contributed by atoms with E-state index >= 15 is 0 Å². The molecule has 0 spiro atoms. The number of pyridine rings is 2. The number of amides is 1. The van der Waals surface area contributed by atoms with Crippen LogP contribution in [0.2, 0.25) is 0 Å². The molecular weight excluding hydrogens is 656 g/mol. The number of nitrogens with zero attached hydrogens (tertiary/aromatic N) is 3. The molecule has 10 nitrogen and oxygen atoms in total. The highest BCUT2D eigenvalue weighted by molar-refractivity contribution is 6.00. The summed E-state index contributed by atoms with van der Waals surface area (Å²) in [7, 11) is 3.00. The predicted octanol–water partition coefficient (Wildman–Crippen LogP) is 7.62. The van der Waals surface area contributed by atoms with Crippen LogP contribution in [0.4, 0.5) is 5.69 Å². The predicted molar refractivity (Wildman–Crippen MR) is 198 cm³/mol. The van der Waals surface area contributed by atoms with Crippen LogP contribution in [0.1, 0.15) is 45.1 Å². The number of methoxy groups -OCH3 is 2. The van der Waals surface area contributed by atoms with Crippen LogP contribution in [0.3, 0.4) is 0 Å². The Balaban J connectivity index is 1.06. The van der Waals surface area contributed by atoms with Gasteiger partial charge < -0.3 is 24.3 Å². The number of aromatic nitrogens is 2. The number of carbonyl (C=O) groups excluding carboxylic acids is 2. The molecule has 0 bridgehead atoms. The van der Waals surface area contributed by atoms with Crippen LogP contribution in [0.5, 0.6) is 23.0 Å². The van der Waals surface area contributed by atoms with E-state index in [2.05, 4.69) is 20.2 Å². The molecule has 1 amide bonds. The number of carbonyl (C=O) groups is 2. The van der Waals surface area contributed by atoms with E-state index in [1.54, 1.807) is 25.6 Å². The molecule has 7 rings (SSSR count). The minimum absolute atomic E-state index is 0.137. The van der Waals surface area contributed by atoms with Gasteiger partial charge in [-0.2, -0.15) is 0 Å². The van der Waals surface area contributed by atoms with Crippen molar-refractivity contribution in [2.75, 3.05) is 39.2 Å². The van der Waals surface area contributed by atoms with E-state index in [-0.39, 0.29) is 18.4 Å². The van der Waals surface area contributed by atoms with E-state index in [1.807, 2.05) is 103 Å². The molecule has 0 saturated heterocycles. The van der Waals surface area contributed by atoms with Crippen LogP contribution in [-0.2, 0) is 16.1 Å². The third kappa shape index (κ3) is 7.57. The molecule has 6 aromatic rings. The fourth-order valence-electron chi connectivity index (χ4n) is 6.58. The second-order valence-electron chi connectivity index (χ2n) is 12.4. The standard InChI is InChI=1S/C42H38N4O6/c1-49-30-16-18-34-37(24-30)52-38-25-31(17-19-35(38)40(34)32-13-3-4-14-33(32)42(48)50-2)51-23-9-22-46(26-29-12-5-6-20-43-29)27-39(47)45-36-15-7-10-28-11-8-21-44-41(28)36/h3-8,10-21,24-25,40H,9,22-23,26-27H2,1-2H3,(H,45,47). The van der Waals surface area contributed by atoms with Crippen LogP contribution >= 0.6 is 0 Å². The zero-order chi connectivity index (χ0) is 35.9. The normalized spacial score (nSPS) is 13.1. The van der Waals surface area contributed by atoms with Crippen molar-refractivity contribution in [2.45, 2.75) is 18.9 Å². The second kappa shape index (κ2) is 15.7. The Kier molecular flexibility index (Phi) is 10.4. The van der Waals surface area contributed by atoms with E-state index in [1.165, 1.54) is 7.11 Å². The molecule has 1 atom stereocenters. The summed E-state index contributed by atoms with van der Waals surface area (Å²) < 4.78 is 23.3. The minimum atomic E-state index is -0.404. The third-order valence-electron chi connectivity index (χ3n) is 9.00. The number of para-hydroxylation sites is 1. The van der Waals surface area contributed by atoms with Gasteiger partial charge in [0.1, 0.15) is 23.0 Å². The van der Waals surface area contributed by atoms with Gasteiger partial charge in [-0.1, -0.05) is 54.6 Å². The number of ether oxygens (including phenoxy) is 4. The Morgan fingerprint density at radius 3 is 2.33 bits per heavy atom. The lowest BCUT2D eigenvalue weighted by Gasteiger charge is -2.30. The van der Waals surface area contributed by atoms with Crippen LogP contribution in [-0.4, -0.2) is 60.7 Å². The lowest BCUT2D eigenvalue weighted by atomic mass is 9.80. The summed E-state index contributed by atoms with van der Waals surface area (Å²) in [6, 6.07) is 34.3. The number of rotatable bonds is 13. The van der Waals surface area contributed by atoms with Gasteiger partial charge in [-0.3, -0.25) is 19.7 Å². The van der Waals surface area contributed by atoms with Gasteiger partial charge in [0, 0.05) is 60.0 Å². The fourth-order valence-corrected chi connectivity index (χ4v) is 6.58. The average molecular weight is 695 g/mol. The largest absolute Gasteiger partial charge is 0.497 e. The summed E-state index contributed by atoms with van der Waals surface area (Å²) in [6.45, 7) is 1.68. The number of hydrogen-bond donors (Lipinski definition) is 1. The van der Waals surface area contributed by atoms with Gasteiger partial charge >= 0.3 is 5.97 Å². The summed E-state index contributed by atoms with van der Waals surface area (Å²) in [5, 5.41) is 4.01. The highest BCUT2D eigenvalue weighted by atomic mass is 16.5. The molecule has 0 aliphatic carbocycles. The van der Waals surface area contributed by atoms with Crippen molar-refractivity contribution in [3.8, 4) is 23.0 Å². The minimum Gasteiger partial charge on any atom is -0.497 e. The van der Waals surface area contributed by atoms with Crippen molar-refractivity contribution in [3.63, 3.8) is 0 Å². The summed E-state index contributed by atoms with van der Waals surface area (Å²) >= 11 is 0. The SMILES string of the molecule is COC(=O)c1ccccc1C1c2ccc(OC)cc2Oc2cc(OCCCN(CC(=O)Nc3cccc4cccnc34)Cc3ccccn3)ccc21. The first kappa shape index (κ1) is 34.2. The molecule has 0 fully saturated rings. The van der Waals surface area contributed by atoms with Crippen LogP contribution in [0.15, 0.2) is 122 Å². The number of anilines is 1. The number of hydrogen-bond acceptors (Lipinski definition) is 9. The Hall–Kier alpha value is -6.26. The Labute approximate surface area is 302 Å². The molecule has 3 heterocycles. The molecule has 52 heavy (non-hydrogen) atoms. The van der Waals surface area contributed by atoms with Crippen molar-refractivity contribution in [1.29, 1.82) is 0 Å². The van der Waals surface area contributed by atoms with Gasteiger partial charge in [0.05, 0.1) is 49.8 Å². The van der Waals surface area contributed by atoms with Gasteiger partial charge in [-0.15, -0.1) is 0 Å². The van der Waals surface area contributed by atoms with E-state index in [0.717, 1.165) is 33.3 Å². The molecule has 1 unspecified atom stereocenters. The molecular formula is C42H38N4O6. The quantitative estimate of drug-likeness (QED) is 0.0963. The molecule has 0 saturated carbocycles. The zero-order valence-electron chi connectivity index (χ0n) is 29.0. The highest BCUT2D eigenvalue weighted by Gasteiger charge is 2.32. The topological polar surface area (TPSA) is 112 Å². The first-order chi connectivity index (χ1) is 25.5. The van der Waals surface area contributed by atoms with Crippen molar-refractivity contribution in [2.24, 2.45) is 0 Å². The maximum Gasteiger partial charge on any atom is 0.338 e. The highest BCUT2D eigenvalue weighted by Crippen LogP contribution is 2.50. The van der Waals surface area contributed by atoms with Gasteiger partial charge in [-0.25, -0.2) is 4.79 Å². The maximum atomic E-state index is 13.3. The summed E-state index contributed by atoms with van der Waals surface area (Å²) in [5.41, 5.74) is 5.41. The number of benzene rings is 4. The lowest BCUT2D eigenvalue weighted by molar-refractivity contribution is -0.117. The summed E-state index contributed by atoms with van der Waals surface area (Å²) in [5.74, 6) is 1.73. The first-order valence-corrected chi connectivity index (χ1v) is 17.1. The summed E-state index contributed by atoms with van der Waals surface area (Å²) in [6.07, 6.45) is 4.13. The molecule has 1 N–H and O–H groups in total. The molecule has 4 aromatic carbocycles. The van der Waals surface area contributed by atoms with Crippen molar-refractivity contribution in [1.82, 2.24) is 14.9 Å².